The van der Waals surface area contributed by atoms with Crippen molar-refractivity contribution < 1.29 is 9.53 Å². The zero-order chi connectivity index (χ0) is 16.0. The lowest BCUT2D eigenvalue weighted by Gasteiger charge is -2.41. The van der Waals surface area contributed by atoms with E-state index in [9.17, 15) is 4.79 Å². The second kappa shape index (κ2) is 6.43. The Morgan fingerprint density at radius 2 is 1.95 bits per heavy atom. The summed E-state index contributed by atoms with van der Waals surface area (Å²) >= 11 is 4.56. The smallest absolute Gasteiger partial charge is 0.310 e. The van der Waals surface area contributed by atoms with Gasteiger partial charge in [0.1, 0.15) is 0 Å². The lowest BCUT2D eigenvalue weighted by atomic mass is 9.76. The fourth-order valence-corrected chi connectivity index (χ4v) is 5.90. The van der Waals surface area contributed by atoms with E-state index in [0.29, 0.717) is 12.1 Å². The molecule has 2 heterocycles. The maximum atomic E-state index is 12.4. The van der Waals surface area contributed by atoms with Crippen LogP contribution in [0, 0.1) is 13.1 Å². The number of hydrogen-bond donors (Lipinski definition) is 1. The standard InChI is InChI=1S/C16H20I2N2O2/c1-20-9-3-4-13(20)14(16(21)22-2)10(7-9)8-5-11(17)15(19)12(18)6-8/h5-6,9-10,13-14H,3-4,7,19H2,1-2H3. The Morgan fingerprint density at radius 1 is 1.32 bits per heavy atom. The third kappa shape index (κ3) is 2.75. The highest BCUT2D eigenvalue weighted by Gasteiger charge is 2.49. The van der Waals surface area contributed by atoms with E-state index < -0.39 is 0 Å². The predicted octanol–water partition coefficient (Wildman–Crippen LogP) is 3.22. The molecule has 0 spiro atoms. The Kier molecular flexibility index (Phi) is 4.90. The van der Waals surface area contributed by atoms with Crippen LogP contribution in [0.2, 0.25) is 0 Å². The summed E-state index contributed by atoms with van der Waals surface area (Å²) in [6.45, 7) is 0. The van der Waals surface area contributed by atoms with Gasteiger partial charge in [0.05, 0.1) is 18.7 Å². The van der Waals surface area contributed by atoms with Crippen molar-refractivity contribution in [1.82, 2.24) is 4.90 Å². The van der Waals surface area contributed by atoms with Crippen LogP contribution < -0.4 is 5.73 Å². The number of nitrogens with zero attached hydrogens (tertiary/aromatic N) is 1. The molecule has 0 aliphatic carbocycles. The van der Waals surface area contributed by atoms with E-state index in [-0.39, 0.29) is 17.8 Å². The van der Waals surface area contributed by atoms with Crippen molar-refractivity contribution in [3.05, 3.63) is 24.8 Å². The number of carbonyl (C=O) groups is 1. The van der Waals surface area contributed by atoms with Gasteiger partial charge in [0.25, 0.3) is 0 Å². The van der Waals surface area contributed by atoms with Gasteiger partial charge in [-0.15, -0.1) is 0 Å². The van der Waals surface area contributed by atoms with E-state index >= 15 is 0 Å². The summed E-state index contributed by atoms with van der Waals surface area (Å²) in [5.41, 5.74) is 8.13. The highest BCUT2D eigenvalue weighted by Crippen LogP contribution is 2.47. The quantitative estimate of drug-likeness (QED) is 0.366. The van der Waals surface area contributed by atoms with Crippen LogP contribution in [0.1, 0.15) is 30.7 Å². The summed E-state index contributed by atoms with van der Waals surface area (Å²) in [4.78, 5) is 14.8. The van der Waals surface area contributed by atoms with E-state index in [1.54, 1.807) is 0 Å². The number of piperidine rings is 1. The molecule has 2 aliphatic heterocycles. The molecule has 6 heteroatoms. The Hall–Kier alpha value is -0.0900. The number of carbonyl (C=O) groups excluding carboxylic acids is 1. The number of benzene rings is 1. The molecule has 22 heavy (non-hydrogen) atoms. The molecule has 0 radical (unpaired) electrons. The molecule has 2 bridgehead atoms. The van der Waals surface area contributed by atoms with Crippen molar-refractivity contribution in [3.63, 3.8) is 0 Å². The Morgan fingerprint density at radius 3 is 2.55 bits per heavy atom. The van der Waals surface area contributed by atoms with Crippen LogP contribution in [0.25, 0.3) is 0 Å². The normalized spacial score (nSPS) is 31.3. The molecular formula is C16H20I2N2O2. The lowest BCUT2D eigenvalue weighted by Crippen LogP contribution is -2.49. The molecule has 1 aromatic rings. The monoisotopic (exact) mass is 526 g/mol. The fraction of sp³-hybridized carbons (Fsp3) is 0.562. The molecular weight excluding hydrogens is 506 g/mol. The summed E-state index contributed by atoms with van der Waals surface area (Å²) in [5.74, 6) is 0.0665. The molecule has 2 aliphatic rings. The number of esters is 1. The lowest BCUT2D eigenvalue weighted by molar-refractivity contribution is -0.150. The highest BCUT2D eigenvalue weighted by atomic mass is 127. The average molecular weight is 526 g/mol. The first-order chi connectivity index (χ1) is 10.4. The molecule has 120 valence electrons. The zero-order valence-corrected chi connectivity index (χ0v) is 17.0. The molecule has 4 unspecified atom stereocenters. The predicted molar refractivity (Wildman–Crippen MR) is 104 cm³/mol. The molecule has 4 atom stereocenters. The fourth-order valence-electron chi connectivity index (χ4n) is 4.08. The van der Waals surface area contributed by atoms with E-state index in [4.69, 9.17) is 10.5 Å². The van der Waals surface area contributed by atoms with Gasteiger partial charge in [-0.3, -0.25) is 9.69 Å². The summed E-state index contributed by atoms with van der Waals surface area (Å²) in [6.07, 6.45) is 3.28. The first-order valence-electron chi connectivity index (χ1n) is 7.48. The number of nitrogens with two attached hydrogens (primary N) is 1. The van der Waals surface area contributed by atoms with Gasteiger partial charge < -0.3 is 10.5 Å². The summed E-state index contributed by atoms with van der Waals surface area (Å²) in [7, 11) is 3.64. The number of nitrogen functional groups attached to an aromatic ring is 1. The van der Waals surface area contributed by atoms with Gasteiger partial charge in [-0.05, 0) is 89.2 Å². The van der Waals surface area contributed by atoms with Gasteiger partial charge in [-0.2, -0.15) is 0 Å². The van der Waals surface area contributed by atoms with E-state index in [2.05, 4.69) is 69.3 Å². The van der Waals surface area contributed by atoms with Crippen molar-refractivity contribution >= 4 is 56.8 Å². The first-order valence-corrected chi connectivity index (χ1v) is 9.64. The van der Waals surface area contributed by atoms with Gasteiger partial charge >= 0.3 is 5.97 Å². The number of halogens is 2. The van der Waals surface area contributed by atoms with Crippen LogP contribution in [0.5, 0.6) is 0 Å². The SMILES string of the molecule is COC(=O)C1C(c2cc(I)c(N)c(I)c2)CC2CCC1N2C. The van der Waals surface area contributed by atoms with Crippen LogP contribution in [-0.4, -0.2) is 37.1 Å². The van der Waals surface area contributed by atoms with E-state index in [1.165, 1.54) is 19.1 Å². The van der Waals surface area contributed by atoms with Gasteiger partial charge in [0, 0.05) is 25.1 Å². The van der Waals surface area contributed by atoms with Crippen LogP contribution >= 0.6 is 45.2 Å². The van der Waals surface area contributed by atoms with Crippen LogP contribution in [0.3, 0.4) is 0 Å². The molecule has 0 aromatic heterocycles. The molecule has 2 fully saturated rings. The first kappa shape index (κ1) is 16.8. The highest BCUT2D eigenvalue weighted by molar-refractivity contribution is 14.1. The van der Waals surface area contributed by atoms with E-state index in [0.717, 1.165) is 25.7 Å². The molecule has 2 N–H and O–H groups in total. The molecule has 2 saturated heterocycles. The van der Waals surface area contributed by atoms with Crippen molar-refractivity contribution in [2.45, 2.75) is 37.3 Å². The number of methoxy groups -OCH3 is 1. The number of ether oxygens (including phenoxy) is 1. The van der Waals surface area contributed by atoms with Crippen LogP contribution in [-0.2, 0) is 9.53 Å². The average Bonchev–Trinajstić information content (AvgIpc) is 2.74. The number of hydrogen-bond acceptors (Lipinski definition) is 4. The summed E-state index contributed by atoms with van der Waals surface area (Å²) in [6, 6.07) is 5.15. The maximum Gasteiger partial charge on any atom is 0.310 e. The van der Waals surface area contributed by atoms with Gasteiger partial charge in [0.15, 0.2) is 0 Å². The Labute approximate surface area is 158 Å². The third-order valence-corrected chi connectivity index (χ3v) is 7.06. The second-order valence-electron chi connectivity index (χ2n) is 6.25. The van der Waals surface area contributed by atoms with Crippen molar-refractivity contribution in [2.24, 2.45) is 5.92 Å². The molecule has 3 rings (SSSR count). The molecule has 0 saturated carbocycles. The van der Waals surface area contributed by atoms with Gasteiger partial charge in [0.2, 0.25) is 0 Å². The largest absolute Gasteiger partial charge is 0.469 e. The van der Waals surface area contributed by atoms with Crippen molar-refractivity contribution in [1.29, 1.82) is 0 Å². The van der Waals surface area contributed by atoms with E-state index in [1.807, 2.05) is 0 Å². The zero-order valence-electron chi connectivity index (χ0n) is 12.7. The van der Waals surface area contributed by atoms with Crippen molar-refractivity contribution in [2.75, 3.05) is 19.9 Å². The third-order valence-electron chi connectivity index (χ3n) is 5.27. The molecule has 4 nitrogen and oxygen atoms in total. The molecule has 1 aromatic carbocycles. The van der Waals surface area contributed by atoms with Gasteiger partial charge in [-0.1, -0.05) is 0 Å². The second-order valence-corrected chi connectivity index (χ2v) is 8.58. The van der Waals surface area contributed by atoms with Crippen LogP contribution in [0.15, 0.2) is 12.1 Å². The minimum absolute atomic E-state index is 0.0796. The maximum absolute atomic E-state index is 12.4. The Balaban J connectivity index is 2.02. The number of rotatable bonds is 2. The van der Waals surface area contributed by atoms with Crippen molar-refractivity contribution in [3.8, 4) is 0 Å². The molecule has 0 amide bonds. The summed E-state index contributed by atoms with van der Waals surface area (Å²) in [5, 5.41) is 0. The minimum Gasteiger partial charge on any atom is -0.469 e. The Bertz CT molecular complexity index is 585. The topological polar surface area (TPSA) is 55.6 Å². The summed E-state index contributed by atoms with van der Waals surface area (Å²) < 4.78 is 7.26. The minimum atomic E-state index is -0.0797. The number of fused-ring (bicyclic) bond motifs is 2. The van der Waals surface area contributed by atoms with Gasteiger partial charge in [-0.25, -0.2) is 0 Å². The van der Waals surface area contributed by atoms with Crippen LogP contribution in [0.4, 0.5) is 5.69 Å². The number of anilines is 1.